The molecule has 0 aliphatic heterocycles. The van der Waals surface area contributed by atoms with Gasteiger partial charge in [0.05, 0.1) is 6.61 Å². The number of hydrogen-bond donors (Lipinski definition) is 1. The van der Waals surface area contributed by atoms with Crippen molar-refractivity contribution < 1.29 is 23.8 Å². The van der Waals surface area contributed by atoms with Crippen LogP contribution < -0.4 is 19.5 Å². The van der Waals surface area contributed by atoms with Gasteiger partial charge >= 0.3 is 0 Å². The van der Waals surface area contributed by atoms with E-state index in [1.165, 1.54) is 6.92 Å². The minimum Gasteiger partial charge on any atom is -0.494 e. The van der Waals surface area contributed by atoms with Crippen LogP contribution in [0.4, 0.5) is 5.69 Å². The zero-order chi connectivity index (χ0) is 21.3. The van der Waals surface area contributed by atoms with Crippen LogP contribution in [0.3, 0.4) is 0 Å². The van der Waals surface area contributed by atoms with Gasteiger partial charge in [-0.2, -0.15) is 0 Å². The molecule has 6 heteroatoms. The maximum absolute atomic E-state index is 12.1. The zero-order valence-electron chi connectivity index (χ0n) is 16.9. The van der Waals surface area contributed by atoms with Gasteiger partial charge in [-0.25, -0.2) is 0 Å². The first-order valence-electron chi connectivity index (χ1n) is 9.58. The van der Waals surface area contributed by atoms with Gasteiger partial charge in [-0.05, 0) is 86.6 Å². The van der Waals surface area contributed by atoms with Crippen LogP contribution in [-0.4, -0.2) is 24.9 Å². The molecule has 0 spiro atoms. The van der Waals surface area contributed by atoms with Crippen molar-refractivity contribution in [1.29, 1.82) is 0 Å². The van der Waals surface area contributed by atoms with Crippen molar-refractivity contribution in [3.8, 4) is 23.0 Å². The Kier molecular flexibility index (Phi) is 7.05. The smallest absolute Gasteiger partial charge is 0.262 e. The maximum atomic E-state index is 12.1. The summed E-state index contributed by atoms with van der Waals surface area (Å²) < 4.78 is 16.6. The first-order chi connectivity index (χ1) is 14.5. The maximum Gasteiger partial charge on any atom is 0.262 e. The molecular weight excluding hydrogens is 382 g/mol. The molecule has 6 nitrogen and oxygen atoms in total. The van der Waals surface area contributed by atoms with E-state index in [2.05, 4.69) is 5.32 Å². The Morgan fingerprint density at radius 3 is 1.80 bits per heavy atom. The second-order valence-corrected chi connectivity index (χ2v) is 6.45. The SMILES string of the molecule is CCOc1ccc(Oc2ccc(NC(=O)COc3ccc(C(C)=O)cc3)cc2)cc1. The van der Waals surface area contributed by atoms with Crippen molar-refractivity contribution in [2.24, 2.45) is 0 Å². The zero-order valence-corrected chi connectivity index (χ0v) is 16.9. The van der Waals surface area contributed by atoms with Crippen molar-refractivity contribution >= 4 is 17.4 Å². The molecule has 1 amide bonds. The monoisotopic (exact) mass is 405 g/mol. The van der Waals surface area contributed by atoms with Crippen molar-refractivity contribution in [1.82, 2.24) is 0 Å². The van der Waals surface area contributed by atoms with Gasteiger partial charge in [-0.15, -0.1) is 0 Å². The van der Waals surface area contributed by atoms with E-state index in [1.54, 1.807) is 48.5 Å². The quantitative estimate of drug-likeness (QED) is 0.502. The molecule has 0 unspecified atom stereocenters. The van der Waals surface area contributed by atoms with Gasteiger partial charge in [-0.1, -0.05) is 0 Å². The Hall–Kier alpha value is -3.80. The Morgan fingerprint density at radius 2 is 1.23 bits per heavy atom. The number of nitrogens with one attached hydrogen (secondary N) is 1. The first kappa shape index (κ1) is 20.9. The number of Topliss-reactive ketones (excluding diaryl/α,β-unsaturated/α-hetero) is 1. The summed E-state index contributed by atoms with van der Waals surface area (Å²) in [5, 5.41) is 2.76. The van der Waals surface area contributed by atoms with Crippen molar-refractivity contribution in [2.45, 2.75) is 13.8 Å². The second kappa shape index (κ2) is 10.1. The fourth-order valence-corrected chi connectivity index (χ4v) is 2.64. The summed E-state index contributed by atoms with van der Waals surface area (Å²) in [5.41, 5.74) is 1.23. The second-order valence-electron chi connectivity index (χ2n) is 6.45. The van der Waals surface area contributed by atoms with Gasteiger partial charge < -0.3 is 19.5 Å². The molecule has 0 saturated carbocycles. The lowest BCUT2D eigenvalue weighted by molar-refractivity contribution is -0.118. The molecule has 30 heavy (non-hydrogen) atoms. The number of carbonyl (C=O) groups is 2. The Bertz CT molecular complexity index is 980. The van der Waals surface area contributed by atoms with Crippen LogP contribution in [0, 0.1) is 0 Å². The number of benzene rings is 3. The lowest BCUT2D eigenvalue weighted by atomic mass is 10.1. The molecule has 0 radical (unpaired) electrons. The number of rotatable bonds is 9. The van der Waals surface area contributed by atoms with Crippen LogP contribution in [0.25, 0.3) is 0 Å². The highest BCUT2D eigenvalue weighted by Gasteiger charge is 2.06. The number of anilines is 1. The molecule has 0 heterocycles. The summed E-state index contributed by atoms with van der Waals surface area (Å²) in [5.74, 6) is 2.35. The van der Waals surface area contributed by atoms with Crippen molar-refractivity contribution in [3.63, 3.8) is 0 Å². The molecule has 0 bridgehead atoms. The minimum absolute atomic E-state index is 0.0192. The third kappa shape index (κ3) is 6.10. The molecule has 154 valence electrons. The van der Waals surface area contributed by atoms with Crippen LogP contribution in [0.5, 0.6) is 23.0 Å². The molecular formula is C24H23NO5. The summed E-state index contributed by atoms with van der Waals surface area (Å²) >= 11 is 0. The predicted molar refractivity (Wildman–Crippen MR) is 115 cm³/mol. The average molecular weight is 405 g/mol. The molecule has 0 saturated heterocycles. The molecule has 3 aromatic rings. The van der Waals surface area contributed by atoms with E-state index >= 15 is 0 Å². The molecule has 0 aliphatic rings. The summed E-state index contributed by atoms with van der Waals surface area (Å²) in [6.07, 6.45) is 0. The number of amides is 1. The number of ketones is 1. The van der Waals surface area contributed by atoms with Gasteiger partial charge in [0.1, 0.15) is 23.0 Å². The predicted octanol–water partition coefficient (Wildman–Crippen LogP) is 5.10. The van der Waals surface area contributed by atoms with Gasteiger partial charge in [0.25, 0.3) is 5.91 Å². The van der Waals surface area contributed by atoms with E-state index in [0.717, 1.165) is 5.75 Å². The molecule has 0 aliphatic carbocycles. The fourth-order valence-electron chi connectivity index (χ4n) is 2.64. The van der Waals surface area contributed by atoms with Crippen LogP contribution >= 0.6 is 0 Å². The largest absolute Gasteiger partial charge is 0.494 e. The standard InChI is InChI=1S/C24H23NO5/c1-3-28-20-12-14-23(15-13-20)30-22-10-6-19(7-11-22)25-24(27)16-29-21-8-4-18(5-9-21)17(2)26/h4-15H,3,16H2,1-2H3,(H,25,27). The van der Waals surface area contributed by atoms with Crippen LogP contribution in [0.1, 0.15) is 24.2 Å². The number of ether oxygens (including phenoxy) is 3. The third-order valence-corrected chi connectivity index (χ3v) is 4.14. The molecule has 0 aromatic heterocycles. The highest BCUT2D eigenvalue weighted by Crippen LogP contribution is 2.25. The van der Waals surface area contributed by atoms with E-state index in [4.69, 9.17) is 14.2 Å². The Morgan fingerprint density at radius 1 is 0.733 bits per heavy atom. The minimum atomic E-state index is -0.286. The van der Waals surface area contributed by atoms with E-state index in [0.29, 0.717) is 35.1 Å². The number of carbonyl (C=O) groups excluding carboxylic acids is 2. The highest BCUT2D eigenvalue weighted by atomic mass is 16.5. The van der Waals surface area contributed by atoms with E-state index < -0.39 is 0 Å². The topological polar surface area (TPSA) is 73.9 Å². The summed E-state index contributed by atoms with van der Waals surface area (Å²) in [4.78, 5) is 23.4. The number of hydrogen-bond acceptors (Lipinski definition) is 5. The van der Waals surface area contributed by atoms with Crippen LogP contribution in [0.15, 0.2) is 72.8 Å². The Labute approximate surface area is 175 Å². The first-order valence-corrected chi connectivity index (χ1v) is 9.58. The third-order valence-electron chi connectivity index (χ3n) is 4.14. The van der Waals surface area contributed by atoms with Crippen molar-refractivity contribution in [2.75, 3.05) is 18.5 Å². The highest BCUT2D eigenvalue weighted by molar-refractivity contribution is 5.94. The fraction of sp³-hybridized carbons (Fsp3) is 0.167. The normalized spacial score (nSPS) is 10.2. The van der Waals surface area contributed by atoms with Gasteiger partial charge in [0.15, 0.2) is 12.4 Å². The lowest BCUT2D eigenvalue weighted by Gasteiger charge is -2.10. The summed E-state index contributed by atoms with van der Waals surface area (Å²) in [6.45, 7) is 3.91. The average Bonchev–Trinajstić information content (AvgIpc) is 2.75. The summed E-state index contributed by atoms with van der Waals surface area (Å²) in [6, 6.07) is 21.1. The van der Waals surface area contributed by atoms with Gasteiger partial charge in [0, 0.05) is 11.3 Å². The van der Waals surface area contributed by atoms with E-state index in [-0.39, 0.29) is 18.3 Å². The van der Waals surface area contributed by atoms with E-state index in [1.807, 2.05) is 31.2 Å². The molecule has 0 atom stereocenters. The van der Waals surface area contributed by atoms with E-state index in [9.17, 15) is 9.59 Å². The van der Waals surface area contributed by atoms with Crippen LogP contribution in [-0.2, 0) is 4.79 Å². The molecule has 3 rings (SSSR count). The lowest BCUT2D eigenvalue weighted by Crippen LogP contribution is -2.20. The van der Waals surface area contributed by atoms with Gasteiger partial charge in [0.2, 0.25) is 0 Å². The van der Waals surface area contributed by atoms with Crippen molar-refractivity contribution in [3.05, 3.63) is 78.4 Å². The molecule has 0 fully saturated rings. The molecule has 3 aromatic carbocycles. The molecule has 1 N–H and O–H groups in total. The Balaban J connectivity index is 1.48. The van der Waals surface area contributed by atoms with Gasteiger partial charge in [-0.3, -0.25) is 9.59 Å². The summed E-state index contributed by atoms with van der Waals surface area (Å²) in [7, 11) is 0. The van der Waals surface area contributed by atoms with Crippen LogP contribution in [0.2, 0.25) is 0 Å².